The highest BCUT2D eigenvalue weighted by Gasteiger charge is 2.18. The third-order valence-electron chi connectivity index (χ3n) is 9.37. The van der Waals surface area contributed by atoms with Gasteiger partial charge in [0.2, 0.25) is 0 Å². The van der Waals surface area contributed by atoms with Gasteiger partial charge in [0.15, 0.2) is 0 Å². The summed E-state index contributed by atoms with van der Waals surface area (Å²) in [4.78, 5) is 36.8. The zero-order valence-corrected chi connectivity index (χ0v) is 46.8. The van der Waals surface area contributed by atoms with Crippen molar-refractivity contribution in [2.75, 3.05) is 0 Å². The fourth-order valence-electron chi connectivity index (χ4n) is 4.97. The fourth-order valence-corrected chi connectivity index (χ4v) is 5.69. The Labute approximate surface area is 421 Å². The third-order valence-corrected chi connectivity index (χ3v) is 10.6. The quantitative estimate of drug-likeness (QED) is 0.143. The Kier molecular flexibility index (Phi) is 24.9. The molecule has 0 aromatic carbocycles. The maximum atomic E-state index is 4.25. The molecular formula is C57H85N11S. The second kappa shape index (κ2) is 28.0. The summed E-state index contributed by atoms with van der Waals surface area (Å²) < 4.78 is 0. The Morgan fingerprint density at radius 1 is 0.333 bits per heavy atom. The maximum Gasteiger partial charge on any atom is 0.133 e. The van der Waals surface area contributed by atoms with Crippen LogP contribution in [0.4, 0.5) is 0 Å². The molecular weight excluding hydrogens is 871 g/mol. The first-order chi connectivity index (χ1) is 31.7. The van der Waals surface area contributed by atoms with E-state index in [-0.39, 0.29) is 37.9 Å². The Bertz CT molecular complexity index is 1930. The number of rotatable bonds is 0. The van der Waals surface area contributed by atoms with Gasteiger partial charge in [-0.1, -0.05) is 158 Å². The van der Waals surface area contributed by atoms with Crippen LogP contribution in [0.2, 0.25) is 0 Å². The Morgan fingerprint density at radius 3 is 1.13 bits per heavy atom. The molecule has 0 aliphatic rings. The molecule has 0 saturated carbocycles. The van der Waals surface area contributed by atoms with Crippen molar-refractivity contribution in [2.24, 2.45) is 0 Å². The zero-order chi connectivity index (χ0) is 52.6. The predicted molar refractivity (Wildman–Crippen MR) is 290 cm³/mol. The predicted octanol–water partition coefficient (Wildman–Crippen LogP) is 14.3. The van der Waals surface area contributed by atoms with E-state index >= 15 is 0 Å². The van der Waals surface area contributed by atoms with Crippen LogP contribution in [0.3, 0.4) is 0 Å². The lowest BCUT2D eigenvalue weighted by Gasteiger charge is -2.17. The van der Waals surface area contributed by atoms with Gasteiger partial charge in [0.05, 0.1) is 16.4 Å². The highest BCUT2D eigenvalue weighted by atomic mass is 32.1. The Hall–Kier alpha value is -5.75. The van der Waals surface area contributed by atoms with Crippen molar-refractivity contribution in [2.45, 2.75) is 183 Å². The molecule has 0 fully saturated rings. The molecule has 0 bridgehead atoms. The van der Waals surface area contributed by atoms with Crippen LogP contribution in [0.1, 0.15) is 184 Å². The number of nitrogens with zero attached hydrogens (tertiary/aromatic N) is 11. The van der Waals surface area contributed by atoms with Gasteiger partial charge in [-0.05, 0) is 58.4 Å². The van der Waals surface area contributed by atoms with Crippen molar-refractivity contribution >= 4 is 11.3 Å². The van der Waals surface area contributed by atoms with Gasteiger partial charge in [0, 0.05) is 113 Å². The van der Waals surface area contributed by atoms with Gasteiger partial charge < -0.3 is 0 Å². The van der Waals surface area contributed by atoms with Gasteiger partial charge in [0.1, 0.15) is 12.2 Å². The van der Waals surface area contributed by atoms with Crippen molar-refractivity contribution in [3.63, 3.8) is 0 Å². The lowest BCUT2D eigenvalue weighted by molar-refractivity contribution is 0.545. The fraction of sp³-hybridized carbons (Fsp3) is 0.491. The topological polar surface area (TPSA) is 142 Å². The largest absolute Gasteiger partial charge is 0.264 e. The molecule has 374 valence electrons. The van der Waals surface area contributed by atoms with Gasteiger partial charge in [-0.3, -0.25) is 19.9 Å². The molecule has 0 spiro atoms. The minimum Gasteiger partial charge on any atom is -0.264 e. The van der Waals surface area contributed by atoms with Gasteiger partial charge >= 0.3 is 0 Å². The van der Waals surface area contributed by atoms with E-state index in [4.69, 9.17) is 0 Å². The van der Waals surface area contributed by atoms with Crippen molar-refractivity contribution in [3.8, 4) is 0 Å². The third kappa shape index (κ3) is 27.1. The van der Waals surface area contributed by atoms with Crippen LogP contribution in [0.5, 0.6) is 0 Å². The molecule has 0 N–H and O–H groups in total. The molecule has 7 aromatic heterocycles. The minimum absolute atomic E-state index is 0.0707. The first-order valence-corrected chi connectivity index (χ1v) is 24.4. The van der Waals surface area contributed by atoms with Gasteiger partial charge in [-0.15, -0.1) is 11.3 Å². The smallest absolute Gasteiger partial charge is 0.133 e. The van der Waals surface area contributed by atoms with E-state index in [1.54, 1.807) is 61.0 Å². The molecule has 0 aliphatic carbocycles. The molecule has 7 heterocycles. The highest BCUT2D eigenvalue weighted by Crippen LogP contribution is 2.24. The van der Waals surface area contributed by atoms with Crippen molar-refractivity contribution < 1.29 is 0 Å². The molecule has 0 radical (unpaired) electrons. The van der Waals surface area contributed by atoms with Crippen LogP contribution in [-0.4, -0.2) is 55.1 Å². The monoisotopic (exact) mass is 956 g/mol. The minimum atomic E-state index is 0.0707. The van der Waals surface area contributed by atoms with Crippen LogP contribution in [-0.2, 0) is 37.9 Å². The molecule has 0 saturated heterocycles. The molecule has 69 heavy (non-hydrogen) atoms. The zero-order valence-electron chi connectivity index (χ0n) is 46.0. The molecule has 0 unspecified atom stereocenters. The summed E-state index contributed by atoms with van der Waals surface area (Å²) in [5.41, 5.74) is 6.80. The van der Waals surface area contributed by atoms with Crippen LogP contribution in [0, 0.1) is 0 Å². The normalized spacial score (nSPS) is 11.6. The van der Waals surface area contributed by atoms with Gasteiger partial charge in [-0.2, -0.15) is 10.2 Å². The first kappa shape index (κ1) is 61.3. The van der Waals surface area contributed by atoms with Crippen LogP contribution in [0.25, 0.3) is 0 Å². The average molecular weight is 956 g/mol. The van der Waals surface area contributed by atoms with E-state index in [1.807, 2.05) is 72.8 Å². The summed E-state index contributed by atoms with van der Waals surface area (Å²) in [6.07, 6.45) is 23.1. The Balaban J connectivity index is 0.000000403. The van der Waals surface area contributed by atoms with E-state index in [2.05, 4.69) is 213 Å². The molecule has 0 amide bonds. The van der Waals surface area contributed by atoms with E-state index < -0.39 is 0 Å². The van der Waals surface area contributed by atoms with E-state index in [0.717, 1.165) is 22.9 Å². The maximum absolute atomic E-state index is 4.25. The molecule has 0 aliphatic heterocycles. The number of hydrogen-bond acceptors (Lipinski definition) is 12. The van der Waals surface area contributed by atoms with Crippen LogP contribution >= 0.6 is 11.3 Å². The first-order valence-electron chi connectivity index (χ1n) is 23.5. The summed E-state index contributed by atoms with van der Waals surface area (Å²) in [7, 11) is 0. The number of thiazole rings is 1. The van der Waals surface area contributed by atoms with Crippen molar-refractivity contribution in [1.82, 2.24) is 55.1 Å². The molecule has 11 nitrogen and oxygen atoms in total. The second-order valence-electron chi connectivity index (χ2n) is 23.4. The standard InChI is InChI=1S/2C9H13N.4C8H12N2.C7H11NS/c1-9(2,3)8-5-4-6-10-7-8;1-9(2,3)8-6-4-5-7-10-8;1-8(2,3)7-4-9-6-10-5-7;1-8(2,3)7-6-9-4-5-10-7;1-8(2,3)7-9-5-4-6-10-7;1-8(2,3)7-5-4-6-9-10-7;1-7(2,3)6-8-4-5-9-6/h2*4-7H,1-3H3;4*4-6H,1-3H3;4-5H,1-3H3. The van der Waals surface area contributed by atoms with E-state index in [9.17, 15) is 0 Å². The Morgan fingerprint density at radius 2 is 0.841 bits per heavy atom. The lowest BCUT2D eigenvalue weighted by atomic mass is 9.88. The summed E-state index contributed by atoms with van der Waals surface area (Å²) in [5, 5.41) is 11.0. The van der Waals surface area contributed by atoms with Crippen molar-refractivity contribution in [3.05, 3.63) is 174 Å². The summed E-state index contributed by atoms with van der Waals surface area (Å²) in [6, 6.07) is 15.8. The van der Waals surface area contributed by atoms with Gasteiger partial charge in [0.25, 0.3) is 0 Å². The van der Waals surface area contributed by atoms with E-state index in [1.165, 1.54) is 16.1 Å². The number of hydrogen-bond donors (Lipinski definition) is 0. The molecule has 0 atom stereocenters. The second-order valence-corrected chi connectivity index (χ2v) is 24.3. The van der Waals surface area contributed by atoms with Crippen molar-refractivity contribution in [1.29, 1.82) is 0 Å². The summed E-state index contributed by atoms with van der Waals surface area (Å²) in [5.74, 6) is 0.898. The molecule has 7 aromatic rings. The average Bonchev–Trinajstić information content (AvgIpc) is 3.85. The molecule has 7 rings (SSSR count). The number of aromatic nitrogens is 11. The summed E-state index contributed by atoms with van der Waals surface area (Å²) >= 11 is 1.72. The van der Waals surface area contributed by atoms with Crippen LogP contribution in [0.15, 0.2) is 135 Å². The highest BCUT2D eigenvalue weighted by molar-refractivity contribution is 7.09. The number of pyridine rings is 2. The van der Waals surface area contributed by atoms with E-state index in [0.29, 0.717) is 0 Å². The van der Waals surface area contributed by atoms with Crippen LogP contribution < -0.4 is 0 Å². The lowest BCUT2D eigenvalue weighted by Crippen LogP contribution is -2.14. The molecule has 12 heteroatoms. The summed E-state index contributed by atoms with van der Waals surface area (Å²) in [6.45, 7) is 45.0. The SMILES string of the molecule is CC(C)(C)c1ccccn1.CC(C)(C)c1cccnc1.CC(C)(C)c1cccnn1.CC(C)(C)c1cnccn1.CC(C)(C)c1cncnc1.CC(C)(C)c1ncccn1.CC(C)(C)c1nccs1. The van der Waals surface area contributed by atoms with Gasteiger partial charge in [-0.25, -0.2) is 24.9 Å².